The fourth-order valence-electron chi connectivity index (χ4n) is 2.93. The average Bonchev–Trinajstić information content (AvgIpc) is 2.38. The molecule has 2 aliphatic rings. The van der Waals surface area contributed by atoms with E-state index in [-0.39, 0.29) is 0 Å². The van der Waals surface area contributed by atoms with Crippen LogP contribution in [0.1, 0.15) is 37.8 Å². The highest BCUT2D eigenvalue weighted by Crippen LogP contribution is 2.38. The molecule has 0 amide bonds. The number of rotatable bonds is 2. The Balaban J connectivity index is 1.63. The minimum absolute atomic E-state index is 0.362. The summed E-state index contributed by atoms with van der Waals surface area (Å²) < 4.78 is 0. The predicted molar refractivity (Wildman–Crippen MR) is 68.0 cm³/mol. The van der Waals surface area contributed by atoms with Crippen molar-refractivity contribution in [2.45, 2.75) is 43.7 Å². The molecule has 0 bridgehead atoms. The first kappa shape index (κ1) is 11.4. The highest BCUT2D eigenvalue weighted by atomic mass is 15.1. The summed E-state index contributed by atoms with van der Waals surface area (Å²) in [5.41, 5.74) is 0.747. The lowest BCUT2D eigenvalue weighted by molar-refractivity contribution is 0.135. The van der Waals surface area contributed by atoms with Gasteiger partial charge >= 0.3 is 0 Å². The van der Waals surface area contributed by atoms with Gasteiger partial charge in [0, 0.05) is 11.6 Å². The molecule has 1 atom stereocenters. The maximum absolute atomic E-state index is 8.68. The van der Waals surface area contributed by atoms with Crippen LogP contribution in [0.25, 0.3) is 0 Å². The van der Waals surface area contributed by atoms with Crippen LogP contribution in [0.3, 0.4) is 0 Å². The molecule has 1 aliphatic carbocycles. The topological polar surface area (TPSA) is 73.6 Å². The van der Waals surface area contributed by atoms with E-state index in [1.54, 1.807) is 6.20 Å². The third kappa shape index (κ3) is 2.16. The Labute approximate surface area is 107 Å². The molecular formula is C13H17N5. The molecule has 1 aliphatic heterocycles. The summed E-state index contributed by atoms with van der Waals surface area (Å²) in [4.78, 5) is 8.25. The maximum atomic E-state index is 8.68. The zero-order chi connectivity index (χ0) is 12.4. The zero-order valence-electron chi connectivity index (χ0n) is 10.3. The van der Waals surface area contributed by atoms with Gasteiger partial charge in [-0.15, -0.1) is 0 Å². The molecule has 5 nitrogen and oxygen atoms in total. The molecule has 2 fully saturated rings. The summed E-state index contributed by atoms with van der Waals surface area (Å²) in [6.45, 7) is 1.07. The molecule has 1 saturated carbocycles. The van der Waals surface area contributed by atoms with Crippen molar-refractivity contribution < 1.29 is 0 Å². The number of aromatic nitrogens is 2. The lowest BCUT2D eigenvalue weighted by atomic mass is 9.70. The normalized spacial score (nSPS) is 25.2. The van der Waals surface area contributed by atoms with Gasteiger partial charge in [-0.3, -0.25) is 0 Å². The van der Waals surface area contributed by atoms with Gasteiger partial charge in [0.25, 0.3) is 0 Å². The van der Waals surface area contributed by atoms with Crippen LogP contribution in [0.5, 0.6) is 0 Å². The predicted octanol–water partition coefficient (Wildman–Crippen LogP) is 1.43. The molecule has 5 heteroatoms. The highest BCUT2D eigenvalue weighted by Gasteiger charge is 2.40. The van der Waals surface area contributed by atoms with Crippen LogP contribution in [0.15, 0.2) is 12.4 Å². The molecule has 2 heterocycles. The lowest BCUT2D eigenvalue weighted by Crippen LogP contribution is -2.58. The third-order valence-corrected chi connectivity index (χ3v) is 4.06. The largest absolute Gasteiger partial charge is 0.366 e. The number of hydrogen-bond donors (Lipinski definition) is 2. The third-order valence-electron chi connectivity index (χ3n) is 4.06. The monoisotopic (exact) mass is 243 g/mol. The minimum atomic E-state index is 0.362. The van der Waals surface area contributed by atoms with Crippen molar-refractivity contribution in [3.8, 4) is 6.07 Å². The number of anilines is 1. The second kappa shape index (κ2) is 4.54. The van der Waals surface area contributed by atoms with E-state index in [2.05, 4.69) is 20.6 Å². The van der Waals surface area contributed by atoms with Crippen molar-refractivity contribution in [3.63, 3.8) is 0 Å². The Morgan fingerprint density at radius 2 is 2.28 bits per heavy atom. The molecule has 1 saturated heterocycles. The van der Waals surface area contributed by atoms with Crippen molar-refractivity contribution in [1.29, 1.82) is 5.26 Å². The van der Waals surface area contributed by atoms with Crippen LogP contribution >= 0.6 is 0 Å². The first-order valence-electron chi connectivity index (χ1n) is 6.53. The van der Waals surface area contributed by atoms with Crippen LogP contribution in [0.4, 0.5) is 5.82 Å². The zero-order valence-corrected chi connectivity index (χ0v) is 10.3. The molecule has 18 heavy (non-hydrogen) atoms. The quantitative estimate of drug-likeness (QED) is 0.822. The van der Waals surface area contributed by atoms with Crippen LogP contribution in [-0.4, -0.2) is 28.1 Å². The van der Waals surface area contributed by atoms with E-state index in [1.165, 1.54) is 25.5 Å². The average molecular weight is 243 g/mol. The Bertz CT molecular complexity index is 457. The molecule has 1 aromatic heterocycles. The molecule has 0 radical (unpaired) electrons. The fourth-order valence-corrected chi connectivity index (χ4v) is 2.93. The van der Waals surface area contributed by atoms with Gasteiger partial charge < -0.3 is 10.6 Å². The molecule has 94 valence electrons. The van der Waals surface area contributed by atoms with Gasteiger partial charge in [0.05, 0.1) is 12.4 Å². The van der Waals surface area contributed by atoms with Crippen LogP contribution < -0.4 is 10.6 Å². The van der Waals surface area contributed by atoms with Gasteiger partial charge in [0.1, 0.15) is 11.9 Å². The van der Waals surface area contributed by atoms with Crippen molar-refractivity contribution in [3.05, 3.63) is 18.1 Å². The second-order valence-corrected chi connectivity index (χ2v) is 5.29. The van der Waals surface area contributed by atoms with Crippen molar-refractivity contribution in [2.75, 3.05) is 11.9 Å². The minimum Gasteiger partial charge on any atom is -0.366 e. The van der Waals surface area contributed by atoms with Crippen molar-refractivity contribution >= 4 is 5.82 Å². The molecule has 0 aromatic carbocycles. The van der Waals surface area contributed by atoms with Crippen LogP contribution in [0.2, 0.25) is 0 Å². The van der Waals surface area contributed by atoms with Gasteiger partial charge in [-0.2, -0.15) is 5.26 Å². The standard InChI is InChI=1S/C13H17N5/c14-7-11-8-16-12(9-15-11)18-10-2-5-17-13(6-10)3-1-4-13/h8-10,17H,1-6H2,(H,16,18). The molecule has 1 aromatic rings. The number of nitrogens with one attached hydrogen (secondary N) is 2. The summed E-state index contributed by atoms with van der Waals surface area (Å²) in [6, 6.07) is 2.44. The van der Waals surface area contributed by atoms with E-state index < -0.39 is 0 Å². The molecule has 2 N–H and O–H groups in total. The summed E-state index contributed by atoms with van der Waals surface area (Å²) in [6.07, 6.45) is 9.37. The van der Waals surface area contributed by atoms with Crippen LogP contribution in [0, 0.1) is 11.3 Å². The Kier molecular flexibility index (Phi) is 2.88. The van der Waals surface area contributed by atoms with E-state index in [9.17, 15) is 0 Å². The van der Waals surface area contributed by atoms with Crippen molar-refractivity contribution in [1.82, 2.24) is 15.3 Å². The number of nitriles is 1. The highest BCUT2D eigenvalue weighted by molar-refractivity contribution is 5.34. The van der Waals surface area contributed by atoms with E-state index in [0.29, 0.717) is 17.3 Å². The van der Waals surface area contributed by atoms with E-state index in [4.69, 9.17) is 5.26 Å². The van der Waals surface area contributed by atoms with Gasteiger partial charge in [-0.1, -0.05) is 0 Å². The summed E-state index contributed by atoms with van der Waals surface area (Å²) in [7, 11) is 0. The maximum Gasteiger partial charge on any atom is 0.158 e. The van der Waals surface area contributed by atoms with Gasteiger partial charge in [0.15, 0.2) is 5.69 Å². The van der Waals surface area contributed by atoms with Crippen molar-refractivity contribution in [2.24, 2.45) is 0 Å². The van der Waals surface area contributed by atoms with Gasteiger partial charge in [-0.05, 0) is 38.6 Å². The number of nitrogens with zero attached hydrogens (tertiary/aromatic N) is 3. The Hall–Kier alpha value is -1.67. The Morgan fingerprint density at radius 3 is 2.89 bits per heavy atom. The summed E-state index contributed by atoms with van der Waals surface area (Å²) in [5.74, 6) is 0.773. The summed E-state index contributed by atoms with van der Waals surface area (Å²) >= 11 is 0. The second-order valence-electron chi connectivity index (χ2n) is 5.29. The van der Waals surface area contributed by atoms with Gasteiger partial charge in [-0.25, -0.2) is 9.97 Å². The summed E-state index contributed by atoms with van der Waals surface area (Å²) in [5, 5.41) is 15.8. The number of hydrogen-bond acceptors (Lipinski definition) is 5. The van der Waals surface area contributed by atoms with E-state index in [1.807, 2.05) is 6.07 Å². The fraction of sp³-hybridized carbons (Fsp3) is 0.615. The van der Waals surface area contributed by atoms with Crippen LogP contribution in [-0.2, 0) is 0 Å². The molecule has 3 rings (SSSR count). The molecule has 1 unspecified atom stereocenters. The van der Waals surface area contributed by atoms with E-state index in [0.717, 1.165) is 25.2 Å². The Morgan fingerprint density at radius 1 is 1.39 bits per heavy atom. The van der Waals surface area contributed by atoms with Gasteiger partial charge in [0.2, 0.25) is 0 Å². The first-order chi connectivity index (χ1) is 8.80. The lowest BCUT2D eigenvalue weighted by Gasteiger charge is -2.48. The number of piperidine rings is 1. The van der Waals surface area contributed by atoms with E-state index >= 15 is 0 Å². The SMILES string of the molecule is N#Cc1cnc(NC2CCNC3(CCC3)C2)cn1. The molecule has 1 spiro atoms. The first-order valence-corrected chi connectivity index (χ1v) is 6.53. The smallest absolute Gasteiger partial charge is 0.158 e. The molecular weight excluding hydrogens is 226 g/mol.